The normalized spacial score (nSPS) is 16.6. The summed E-state index contributed by atoms with van der Waals surface area (Å²) in [5, 5.41) is 4.80. The highest BCUT2D eigenvalue weighted by Crippen LogP contribution is 2.43. The van der Waals surface area contributed by atoms with Gasteiger partial charge < -0.3 is 25.1 Å². The number of hydrogen-bond acceptors (Lipinski definition) is 8. The van der Waals surface area contributed by atoms with E-state index in [4.69, 9.17) is 31.8 Å². The first-order valence-electron chi connectivity index (χ1n) is 9.63. The summed E-state index contributed by atoms with van der Waals surface area (Å²) in [6, 6.07) is 3.67. The van der Waals surface area contributed by atoms with Gasteiger partial charge in [-0.1, -0.05) is 11.6 Å². The van der Waals surface area contributed by atoms with Crippen molar-refractivity contribution in [2.24, 2.45) is 5.92 Å². The number of nitrogen functional groups attached to an aromatic ring is 1. The highest BCUT2D eigenvalue weighted by atomic mass is 35.5. The Morgan fingerprint density at radius 2 is 2.00 bits per heavy atom. The van der Waals surface area contributed by atoms with Crippen LogP contribution in [0.3, 0.4) is 0 Å². The second-order valence-electron chi connectivity index (χ2n) is 7.20. The van der Waals surface area contributed by atoms with Crippen LogP contribution in [0.15, 0.2) is 28.5 Å². The maximum atomic E-state index is 6.49. The van der Waals surface area contributed by atoms with E-state index in [1.165, 1.54) is 30.9 Å². The summed E-state index contributed by atoms with van der Waals surface area (Å²) in [5.74, 6) is 2.43. The molecular weight excluding hydrogens is 412 g/mol. The van der Waals surface area contributed by atoms with Gasteiger partial charge >= 0.3 is 0 Å². The van der Waals surface area contributed by atoms with Crippen molar-refractivity contribution < 1.29 is 9.47 Å². The number of hydrogen-bond donors (Lipinski definition) is 2. The molecule has 3 N–H and O–H groups in total. The molecule has 5 rings (SSSR count). The fourth-order valence-corrected chi connectivity index (χ4v) is 4.98. The predicted molar refractivity (Wildman–Crippen MR) is 112 cm³/mol. The minimum atomic E-state index is 0.209. The lowest BCUT2D eigenvalue weighted by Crippen LogP contribution is -2.28. The number of fused-ring (bicyclic) bond motifs is 2. The molecule has 0 radical (unpaired) electrons. The smallest absolute Gasteiger partial charge is 0.231 e. The van der Waals surface area contributed by atoms with Crippen LogP contribution in [0.2, 0.25) is 5.02 Å². The quantitative estimate of drug-likeness (QED) is 0.633. The zero-order valence-corrected chi connectivity index (χ0v) is 17.3. The maximum absolute atomic E-state index is 6.49. The Bertz CT molecular complexity index is 1050. The van der Waals surface area contributed by atoms with E-state index < -0.39 is 0 Å². The van der Waals surface area contributed by atoms with Gasteiger partial charge in [0.25, 0.3) is 0 Å². The van der Waals surface area contributed by atoms with Crippen LogP contribution in [-0.2, 0) is 6.54 Å². The fourth-order valence-electron chi connectivity index (χ4n) is 3.77. The Kier molecular flexibility index (Phi) is 5.11. The number of nitrogens with zero attached hydrogens (tertiary/aromatic N) is 4. The second-order valence-corrected chi connectivity index (χ2v) is 8.61. The van der Waals surface area contributed by atoms with Crippen LogP contribution < -0.4 is 20.5 Å². The molecule has 0 aliphatic carbocycles. The summed E-state index contributed by atoms with van der Waals surface area (Å²) >= 11 is 7.96. The third-order valence-electron chi connectivity index (χ3n) is 5.37. The minimum absolute atomic E-state index is 0.209. The summed E-state index contributed by atoms with van der Waals surface area (Å²) in [5.41, 5.74) is 7.45. The van der Waals surface area contributed by atoms with Crippen LogP contribution >= 0.6 is 23.4 Å². The van der Waals surface area contributed by atoms with Crippen LogP contribution in [0.5, 0.6) is 11.5 Å². The Morgan fingerprint density at radius 3 is 2.83 bits per heavy atom. The van der Waals surface area contributed by atoms with Crippen molar-refractivity contribution in [3.8, 4) is 11.5 Å². The second kappa shape index (κ2) is 7.89. The van der Waals surface area contributed by atoms with Crippen LogP contribution in [0, 0.1) is 5.92 Å². The summed E-state index contributed by atoms with van der Waals surface area (Å²) in [6.45, 7) is 3.19. The first-order chi connectivity index (χ1) is 14.2. The summed E-state index contributed by atoms with van der Waals surface area (Å²) in [4.78, 5) is 14.1. The van der Waals surface area contributed by atoms with Gasteiger partial charge in [-0.2, -0.15) is 0 Å². The van der Waals surface area contributed by atoms with Crippen molar-refractivity contribution in [1.29, 1.82) is 0 Å². The van der Waals surface area contributed by atoms with Crippen molar-refractivity contribution >= 4 is 40.3 Å². The lowest BCUT2D eigenvalue weighted by atomic mass is 9.95. The van der Waals surface area contributed by atoms with Crippen LogP contribution in [-0.4, -0.2) is 39.4 Å². The number of aromatic nitrogens is 4. The highest BCUT2D eigenvalue weighted by molar-refractivity contribution is 7.99. The molecule has 2 aliphatic rings. The number of nitrogens with two attached hydrogens (primary N) is 1. The topological polar surface area (TPSA) is 100 Å². The molecule has 1 saturated heterocycles. The van der Waals surface area contributed by atoms with E-state index >= 15 is 0 Å². The fraction of sp³-hybridized carbons (Fsp3) is 0.421. The summed E-state index contributed by atoms with van der Waals surface area (Å²) in [7, 11) is 0. The lowest BCUT2D eigenvalue weighted by molar-refractivity contribution is 0.174. The number of halogens is 1. The molecule has 29 heavy (non-hydrogen) atoms. The largest absolute Gasteiger partial charge is 0.454 e. The lowest BCUT2D eigenvalue weighted by Gasteiger charge is -2.23. The van der Waals surface area contributed by atoms with E-state index in [-0.39, 0.29) is 6.79 Å². The van der Waals surface area contributed by atoms with E-state index in [0.29, 0.717) is 33.8 Å². The van der Waals surface area contributed by atoms with Gasteiger partial charge in [0, 0.05) is 17.5 Å². The standard InChI is InChI=1S/C19H21ClN6O2S/c20-12-7-13-14(28-10-27-13)8-15(12)29-19-25-16-17(21)23-9-24-18(16)26(19)6-3-11-1-4-22-5-2-11/h7-9,11,22H,1-6,10H2,(H2,21,23,24). The first-order valence-corrected chi connectivity index (χ1v) is 10.8. The number of imidazole rings is 1. The number of ether oxygens (including phenoxy) is 2. The van der Waals surface area contributed by atoms with Crippen molar-refractivity contribution in [3.05, 3.63) is 23.5 Å². The molecule has 4 heterocycles. The van der Waals surface area contributed by atoms with E-state index in [1.807, 2.05) is 6.07 Å². The Labute approximate surface area is 177 Å². The van der Waals surface area contributed by atoms with Crippen LogP contribution in [0.1, 0.15) is 19.3 Å². The molecule has 8 nitrogen and oxygen atoms in total. The van der Waals surface area contributed by atoms with Crippen molar-refractivity contribution in [2.45, 2.75) is 35.9 Å². The maximum Gasteiger partial charge on any atom is 0.231 e. The number of piperidine rings is 1. The number of aryl methyl sites for hydroxylation is 1. The predicted octanol–water partition coefficient (Wildman–Crippen LogP) is 3.33. The van der Waals surface area contributed by atoms with E-state index in [9.17, 15) is 0 Å². The molecule has 3 aromatic rings. The zero-order chi connectivity index (χ0) is 19.8. The molecule has 2 aliphatic heterocycles. The molecule has 2 aromatic heterocycles. The highest BCUT2D eigenvalue weighted by Gasteiger charge is 2.22. The number of nitrogens with one attached hydrogen (secondary N) is 1. The molecule has 152 valence electrons. The number of rotatable bonds is 5. The Morgan fingerprint density at radius 1 is 1.21 bits per heavy atom. The molecular formula is C19H21ClN6O2S. The van der Waals surface area contributed by atoms with Gasteiger partial charge in [-0.3, -0.25) is 0 Å². The van der Waals surface area contributed by atoms with Crippen LogP contribution in [0.4, 0.5) is 5.82 Å². The average Bonchev–Trinajstić information content (AvgIpc) is 3.32. The van der Waals surface area contributed by atoms with Gasteiger partial charge in [-0.05, 0) is 56.1 Å². The molecule has 0 bridgehead atoms. The van der Waals surface area contributed by atoms with Crippen molar-refractivity contribution in [1.82, 2.24) is 24.8 Å². The van der Waals surface area contributed by atoms with Crippen molar-refractivity contribution in [2.75, 3.05) is 25.6 Å². The number of benzene rings is 1. The molecule has 0 atom stereocenters. The molecule has 10 heteroatoms. The number of anilines is 1. The average molecular weight is 433 g/mol. The van der Waals surface area contributed by atoms with Crippen LogP contribution in [0.25, 0.3) is 11.2 Å². The zero-order valence-electron chi connectivity index (χ0n) is 15.7. The van der Waals surface area contributed by atoms with Gasteiger partial charge in [0.05, 0.1) is 5.02 Å². The van der Waals surface area contributed by atoms with Gasteiger partial charge in [0.1, 0.15) is 6.33 Å². The SMILES string of the molecule is Nc1ncnc2c1nc(Sc1cc3c(cc1Cl)OCO3)n2CCC1CCNCC1. The van der Waals surface area contributed by atoms with Gasteiger partial charge in [0.2, 0.25) is 6.79 Å². The Balaban J connectivity index is 1.48. The van der Waals surface area contributed by atoms with E-state index in [0.717, 1.165) is 41.8 Å². The van der Waals surface area contributed by atoms with Gasteiger partial charge in [-0.15, -0.1) is 0 Å². The molecule has 0 spiro atoms. The molecule has 0 saturated carbocycles. The molecule has 1 fully saturated rings. The summed E-state index contributed by atoms with van der Waals surface area (Å²) in [6.07, 6.45) is 4.95. The third kappa shape index (κ3) is 3.70. The molecule has 0 amide bonds. The van der Waals surface area contributed by atoms with Gasteiger partial charge in [-0.25, -0.2) is 15.0 Å². The summed E-state index contributed by atoms with van der Waals surface area (Å²) < 4.78 is 13.0. The van der Waals surface area contributed by atoms with E-state index in [1.54, 1.807) is 6.07 Å². The van der Waals surface area contributed by atoms with Gasteiger partial charge in [0.15, 0.2) is 33.6 Å². The Hall–Kier alpha value is -2.23. The first kappa shape index (κ1) is 18.8. The van der Waals surface area contributed by atoms with E-state index in [2.05, 4.69) is 19.9 Å². The third-order valence-corrected chi connectivity index (χ3v) is 6.85. The monoisotopic (exact) mass is 432 g/mol. The molecule has 1 aromatic carbocycles. The molecule has 0 unspecified atom stereocenters. The van der Waals surface area contributed by atoms with Crippen molar-refractivity contribution in [3.63, 3.8) is 0 Å². The minimum Gasteiger partial charge on any atom is -0.454 e.